The molecule has 6 nitrogen and oxygen atoms in total. The summed E-state index contributed by atoms with van der Waals surface area (Å²) >= 11 is 0. The molecular weight excluding hydrogens is 323 g/mol. The van der Waals surface area contributed by atoms with Crippen LogP contribution in [0.15, 0.2) is 65.7 Å². The van der Waals surface area contributed by atoms with Gasteiger partial charge in [-0.3, -0.25) is 14.6 Å². The molecule has 1 amide bonds. The summed E-state index contributed by atoms with van der Waals surface area (Å²) < 4.78 is 14.3. The minimum atomic E-state index is -0.863. The number of halogens is 1. The first-order valence-electron chi connectivity index (χ1n) is 7.61. The summed E-state index contributed by atoms with van der Waals surface area (Å²) in [6.07, 6.45) is 3.24. The van der Waals surface area contributed by atoms with Crippen LogP contribution >= 0.6 is 0 Å². The molecule has 7 heteroatoms. The van der Waals surface area contributed by atoms with Gasteiger partial charge in [0.1, 0.15) is 11.9 Å². The zero-order valence-electron chi connectivity index (χ0n) is 13.4. The Kier molecular flexibility index (Phi) is 4.65. The first kappa shape index (κ1) is 16.5. The molecule has 2 aromatic heterocycles. The van der Waals surface area contributed by atoms with E-state index in [1.54, 1.807) is 43.6 Å². The van der Waals surface area contributed by atoms with Crippen LogP contribution in [-0.4, -0.2) is 20.7 Å². The van der Waals surface area contributed by atoms with Crippen molar-refractivity contribution in [3.63, 3.8) is 0 Å². The van der Waals surface area contributed by atoms with Crippen molar-refractivity contribution in [1.29, 1.82) is 0 Å². The average Bonchev–Trinajstić information content (AvgIpc) is 2.62. The van der Waals surface area contributed by atoms with E-state index in [-0.39, 0.29) is 0 Å². The Morgan fingerprint density at radius 1 is 1.16 bits per heavy atom. The zero-order chi connectivity index (χ0) is 17.8. The monoisotopic (exact) mass is 338 g/mol. The van der Waals surface area contributed by atoms with Crippen molar-refractivity contribution in [2.75, 3.05) is 5.32 Å². The molecule has 1 N–H and O–H groups in total. The van der Waals surface area contributed by atoms with Crippen molar-refractivity contribution in [3.05, 3.63) is 77.1 Å². The van der Waals surface area contributed by atoms with Gasteiger partial charge in [-0.15, -0.1) is 0 Å². The number of carbonyl (C=O) groups excluding carboxylic acids is 1. The lowest BCUT2D eigenvalue weighted by atomic mass is 10.2. The fourth-order valence-corrected chi connectivity index (χ4v) is 2.30. The van der Waals surface area contributed by atoms with Crippen LogP contribution in [0, 0.1) is 5.82 Å². The Balaban J connectivity index is 1.87. The van der Waals surface area contributed by atoms with E-state index in [1.165, 1.54) is 24.3 Å². The third-order valence-corrected chi connectivity index (χ3v) is 3.64. The molecule has 0 saturated carbocycles. The van der Waals surface area contributed by atoms with E-state index in [4.69, 9.17) is 0 Å². The molecule has 1 aromatic carbocycles. The molecule has 0 aliphatic heterocycles. The van der Waals surface area contributed by atoms with Crippen LogP contribution in [0.1, 0.15) is 13.0 Å². The molecule has 0 aliphatic rings. The van der Waals surface area contributed by atoms with Gasteiger partial charge >= 0.3 is 0 Å². The third-order valence-electron chi connectivity index (χ3n) is 3.64. The first-order valence-corrected chi connectivity index (χ1v) is 7.61. The molecule has 0 aliphatic carbocycles. The van der Waals surface area contributed by atoms with Crippen LogP contribution in [-0.2, 0) is 4.79 Å². The van der Waals surface area contributed by atoms with E-state index in [1.807, 2.05) is 0 Å². The Hall–Kier alpha value is -3.35. The van der Waals surface area contributed by atoms with Crippen LogP contribution in [0.5, 0.6) is 0 Å². The largest absolute Gasteiger partial charge is 0.324 e. The molecule has 3 aromatic rings. The highest BCUT2D eigenvalue weighted by atomic mass is 19.1. The molecule has 25 heavy (non-hydrogen) atoms. The molecule has 1 unspecified atom stereocenters. The van der Waals surface area contributed by atoms with E-state index < -0.39 is 23.3 Å². The minimum Gasteiger partial charge on any atom is -0.324 e. The third kappa shape index (κ3) is 3.77. The predicted octanol–water partition coefficient (Wildman–Crippen LogP) is 2.64. The molecule has 0 fully saturated rings. The predicted molar refractivity (Wildman–Crippen MR) is 91.5 cm³/mol. The second kappa shape index (κ2) is 7.04. The smallest absolute Gasteiger partial charge is 0.267 e. The van der Waals surface area contributed by atoms with Crippen LogP contribution in [0.4, 0.5) is 10.1 Å². The second-order valence-corrected chi connectivity index (χ2v) is 5.41. The molecule has 0 bridgehead atoms. The number of carbonyl (C=O) groups is 1. The number of aromatic nitrogens is 3. The van der Waals surface area contributed by atoms with E-state index in [2.05, 4.69) is 15.4 Å². The molecule has 0 radical (unpaired) electrons. The van der Waals surface area contributed by atoms with Gasteiger partial charge in [0, 0.05) is 29.7 Å². The van der Waals surface area contributed by atoms with E-state index in [9.17, 15) is 14.0 Å². The number of nitrogens with one attached hydrogen (secondary N) is 1. The van der Waals surface area contributed by atoms with Gasteiger partial charge in [-0.05, 0) is 43.3 Å². The minimum absolute atomic E-state index is 0.315. The lowest BCUT2D eigenvalue weighted by Crippen LogP contribution is -2.33. The number of anilines is 1. The van der Waals surface area contributed by atoms with Crippen LogP contribution in [0.25, 0.3) is 11.3 Å². The zero-order valence-corrected chi connectivity index (χ0v) is 13.4. The molecule has 126 valence electrons. The summed E-state index contributed by atoms with van der Waals surface area (Å²) in [5.74, 6) is -0.924. The Bertz CT molecular complexity index is 957. The summed E-state index contributed by atoms with van der Waals surface area (Å²) in [7, 11) is 0. The number of nitrogens with zero attached hydrogens (tertiary/aromatic N) is 3. The highest BCUT2D eigenvalue weighted by Crippen LogP contribution is 2.16. The maximum atomic E-state index is 13.2. The van der Waals surface area contributed by atoms with Gasteiger partial charge < -0.3 is 5.32 Å². The fraction of sp³-hybridized carbons (Fsp3) is 0.111. The van der Waals surface area contributed by atoms with Crippen LogP contribution in [0.2, 0.25) is 0 Å². The highest BCUT2D eigenvalue weighted by molar-refractivity contribution is 5.93. The van der Waals surface area contributed by atoms with Gasteiger partial charge in [-0.25, -0.2) is 9.07 Å². The van der Waals surface area contributed by atoms with Gasteiger partial charge in [0.15, 0.2) is 0 Å². The number of hydrogen-bond acceptors (Lipinski definition) is 4. The van der Waals surface area contributed by atoms with E-state index >= 15 is 0 Å². The van der Waals surface area contributed by atoms with Crippen molar-refractivity contribution in [3.8, 4) is 11.3 Å². The van der Waals surface area contributed by atoms with Gasteiger partial charge in [0.2, 0.25) is 5.91 Å². The van der Waals surface area contributed by atoms with Gasteiger partial charge in [-0.2, -0.15) is 5.10 Å². The number of benzene rings is 1. The SMILES string of the molecule is CC(C(=O)Nc1cccc(F)c1)n1nc(-c2ccncc2)ccc1=O. The molecular formula is C18H15FN4O2. The first-order chi connectivity index (χ1) is 12.0. The number of amides is 1. The Labute approximate surface area is 143 Å². The average molecular weight is 338 g/mol. The van der Waals surface area contributed by atoms with Gasteiger partial charge in [-0.1, -0.05) is 6.07 Å². The summed E-state index contributed by atoms with van der Waals surface area (Å²) in [5.41, 5.74) is 1.24. The summed E-state index contributed by atoms with van der Waals surface area (Å²) in [4.78, 5) is 28.4. The van der Waals surface area contributed by atoms with Gasteiger partial charge in [0.25, 0.3) is 5.56 Å². The number of pyridine rings is 1. The van der Waals surface area contributed by atoms with Crippen molar-refractivity contribution >= 4 is 11.6 Å². The lowest BCUT2D eigenvalue weighted by Gasteiger charge is -2.15. The van der Waals surface area contributed by atoms with Crippen molar-refractivity contribution in [2.45, 2.75) is 13.0 Å². The summed E-state index contributed by atoms with van der Waals surface area (Å²) in [6.45, 7) is 1.55. The lowest BCUT2D eigenvalue weighted by molar-refractivity contribution is -0.119. The van der Waals surface area contributed by atoms with E-state index in [0.717, 1.165) is 10.2 Å². The maximum absolute atomic E-state index is 13.2. The van der Waals surface area contributed by atoms with Crippen molar-refractivity contribution in [1.82, 2.24) is 14.8 Å². The highest BCUT2D eigenvalue weighted by Gasteiger charge is 2.18. The number of hydrogen-bond donors (Lipinski definition) is 1. The number of rotatable bonds is 4. The van der Waals surface area contributed by atoms with Crippen molar-refractivity contribution < 1.29 is 9.18 Å². The standard InChI is InChI=1S/C18H15FN4O2/c1-12(18(25)21-15-4-2-3-14(19)11-15)23-17(24)6-5-16(22-23)13-7-9-20-10-8-13/h2-12H,1H3,(H,21,25). The van der Waals surface area contributed by atoms with Crippen LogP contribution in [0.3, 0.4) is 0 Å². The molecule has 2 heterocycles. The fourth-order valence-electron chi connectivity index (χ4n) is 2.30. The normalized spacial score (nSPS) is 11.8. The van der Waals surface area contributed by atoms with Crippen molar-refractivity contribution in [2.24, 2.45) is 0 Å². The second-order valence-electron chi connectivity index (χ2n) is 5.41. The summed E-state index contributed by atoms with van der Waals surface area (Å²) in [5, 5.41) is 6.84. The quantitative estimate of drug-likeness (QED) is 0.793. The maximum Gasteiger partial charge on any atom is 0.267 e. The Morgan fingerprint density at radius 2 is 1.92 bits per heavy atom. The van der Waals surface area contributed by atoms with Gasteiger partial charge in [0.05, 0.1) is 5.69 Å². The molecule has 0 spiro atoms. The molecule has 3 rings (SSSR count). The van der Waals surface area contributed by atoms with E-state index in [0.29, 0.717) is 11.4 Å². The van der Waals surface area contributed by atoms with Crippen LogP contribution < -0.4 is 10.9 Å². The topological polar surface area (TPSA) is 76.9 Å². The molecule has 0 saturated heterocycles. The Morgan fingerprint density at radius 3 is 2.64 bits per heavy atom. The summed E-state index contributed by atoms with van der Waals surface area (Å²) in [6, 6.07) is 11.1. The molecule has 1 atom stereocenters.